The van der Waals surface area contributed by atoms with Crippen LogP contribution in [0.15, 0.2) is 59.4 Å². The van der Waals surface area contributed by atoms with Crippen molar-refractivity contribution in [3.8, 4) is 17.0 Å². The number of nitrogens with one attached hydrogen (secondary N) is 2. The molecule has 1 amide bonds. The fourth-order valence-electron chi connectivity index (χ4n) is 2.42. The minimum atomic E-state index is -0.652. The first-order chi connectivity index (χ1) is 12.6. The molecule has 2 aromatic carbocycles. The Morgan fingerprint density at radius 3 is 2.77 bits per heavy atom. The van der Waals surface area contributed by atoms with Crippen molar-refractivity contribution in [1.29, 1.82) is 0 Å². The number of amides is 1. The molecule has 26 heavy (non-hydrogen) atoms. The van der Waals surface area contributed by atoms with Crippen LogP contribution in [0.3, 0.4) is 0 Å². The van der Waals surface area contributed by atoms with Crippen molar-refractivity contribution in [2.45, 2.75) is 6.54 Å². The summed E-state index contributed by atoms with van der Waals surface area (Å²) in [6.07, 6.45) is 0. The van der Waals surface area contributed by atoms with Crippen molar-refractivity contribution < 1.29 is 13.9 Å². The summed E-state index contributed by atoms with van der Waals surface area (Å²) in [5.74, 6) is -0.333. The zero-order chi connectivity index (χ0) is 18.5. The number of halogens is 1. The summed E-state index contributed by atoms with van der Waals surface area (Å²) in [5.41, 5.74) is 0.716. The van der Waals surface area contributed by atoms with E-state index in [1.165, 1.54) is 19.2 Å². The van der Waals surface area contributed by atoms with Gasteiger partial charge in [-0.3, -0.25) is 4.79 Å². The molecule has 0 aliphatic rings. The van der Waals surface area contributed by atoms with Gasteiger partial charge in [0.25, 0.3) is 5.91 Å². The van der Waals surface area contributed by atoms with Crippen molar-refractivity contribution >= 4 is 5.91 Å². The largest absolute Gasteiger partial charge is 0.497 e. The fraction of sp³-hybridized carbons (Fsp3) is 0.105. The number of H-pyrrole nitrogens is 1. The lowest BCUT2D eigenvalue weighted by molar-refractivity contribution is 0.0945. The normalized spacial score (nSPS) is 10.4. The van der Waals surface area contributed by atoms with Crippen LogP contribution in [-0.2, 0) is 6.54 Å². The Morgan fingerprint density at radius 2 is 2.00 bits per heavy atom. The number of nitrogens with zero attached hydrogens (tertiary/aromatic N) is 1. The maximum atomic E-state index is 13.6. The third kappa shape index (κ3) is 3.94. The molecule has 1 aromatic heterocycles. The summed E-state index contributed by atoms with van der Waals surface area (Å²) >= 11 is 0. The minimum Gasteiger partial charge on any atom is -0.497 e. The third-order valence-corrected chi connectivity index (χ3v) is 3.75. The van der Waals surface area contributed by atoms with E-state index in [-0.39, 0.29) is 12.2 Å². The summed E-state index contributed by atoms with van der Waals surface area (Å²) in [4.78, 5) is 30.4. The number of aromatic nitrogens is 2. The second-order valence-corrected chi connectivity index (χ2v) is 5.49. The van der Waals surface area contributed by atoms with Crippen LogP contribution >= 0.6 is 0 Å². The number of hydrogen-bond acceptors (Lipinski definition) is 4. The smallest absolute Gasteiger partial charge is 0.346 e. The maximum Gasteiger partial charge on any atom is 0.346 e. The molecule has 0 saturated heterocycles. The topological polar surface area (TPSA) is 84.1 Å². The Balaban J connectivity index is 1.84. The van der Waals surface area contributed by atoms with E-state index in [1.54, 1.807) is 42.5 Å². The number of aromatic amines is 1. The van der Waals surface area contributed by atoms with Crippen LogP contribution in [0.25, 0.3) is 11.3 Å². The molecular weight excluding hydrogens is 337 g/mol. The zero-order valence-electron chi connectivity index (χ0n) is 14.0. The van der Waals surface area contributed by atoms with Crippen molar-refractivity contribution in [3.63, 3.8) is 0 Å². The van der Waals surface area contributed by atoms with Crippen LogP contribution < -0.4 is 15.7 Å². The molecule has 0 radical (unpaired) electrons. The van der Waals surface area contributed by atoms with E-state index in [4.69, 9.17) is 4.74 Å². The van der Waals surface area contributed by atoms with Gasteiger partial charge in [-0.1, -0.05) is 30.3 Å². The molecule has 0 saturated carbocycles. The van der Waals surface area contributed by atoms with Gasteiger partial charge >= 0.3 is 5.69 Å². The Labute approximate surface area is 148 Å². The molecule has 0 fully saturated rings. The van der Waals surface area contributed by atoms with Crippen LogP contribution in [0.1, 0.15) is 16.1 Å². The Kier molecular flexibility index (Phi) is 5.07. The Hall–Kier alpha value is -3.48. The first kappa shape index (κ1) is 17.3. The molecule has 3 rings (SSSR count). The van der Waals surface area contributed by atoms with E-state index in [0.717, 1.165) is 0 Å². The molecule has 1 heterocycles. The third-order valence-electron chi connectivity index (χ3n) is 3.75. The second-order valence-electron chi connectivity index (χ2n) is 5.49. The molecule has 0 atom stereocenters. The monoisotopic (exact) mass is 353 g/mol. The summed E-state index contributed by atoms with van der Waals surface area (Å²) in [7, 11) is 1.53. The molecular formula is C19H16FN3O3. The van der Waals surface area contributed by atoms with E-state index in [9.17, 15) is 14.0 Å². The van der Waals surface area contributed by atoms with E-state index < -0.39 is 17.4 Å². The van der Waals surface area contributed by atoms with Crippen molar-refractivity contribution in [3.05, 3.63) is 82.2 Å². The lowest BCUT2D eigenvalue weighted by atomic mass is 10.1. The van der Waals surface area contributed by atoms with Gasteiger partial charge in [-0.15, -0.1) is 0 Å². The maximum absolute atomic E-state index is 13.6. The fourth-order valence-corrected chi connectivity index (χ4v) is 2.42. The van der Waals surface area contributed by atoms with E-state index in [2.05, 4.69) is 15.3 Å². The molecule has 132 valence electrons. The molecule has 0 bridgehead atoms. The first-order valence-corrected chi connectivity index (χ1v) is 7.84. The van der Waals surface area contributed by atoms with Gasteiger partial charge in [-0.2, -0.15) is 4.98 Å². The number of carbonyl (C=O) groups excluding carboxylic acids is 1. The van der Waals surface area contributed by atoms with Gasteiger partial charge in [0.15, 0.2) is 0 Å². The van der Waals surface area contributed by atoms with Crippen LogP contribution in [0, 0.1) is 5.82 Å². The van der Waals surface area contributed by atoms with Crippen LogP contribution in [-0.4, -0.2) is 23.0 Å². The van der Waals surface area contributed by atoms with E-state index in [0.29, 0.717) is 22.6 Å². The van der Waals surface area contributed by atoms with Crippen molar-refractivity contribution in [1.82, 2.24) is 15.3 Å². The molecule has 0 aliphatic heterocycles. The molecule has 2 N–H and O–H groups in total. The van der Waals surface area contributed by atoms with Gasteiger partial charge < -0.3 is 15.0 Å². The molecule has 0 unspecified atom stereocenters. The minimum absolute atomic E-state index is 0.00432. The van der Waals surface area contributed by atoms with E-state index in [1.807, 2.05) is 0 Å². The highest BCUT2D eigenvalue weighted by Gasteiger charge is 2.12. The van der Waals surface area contributed by atoms with Crippen LogP contribution in [0.2, 0.25) is 0 Å². The van der Waals surface area contributed by atoms with E-state index >= 15 is 0 Å². The van der Waals surface area contributed by atoms with Gasteiger partial charge in [0.05, 0.1) is 12.8 Å². The van der Waals surface area contributed by atoms with Gasteiger partial charge in [0, 0.05) is 17.7 Å². The average Bonchev–Trinajstić information content (AvgIpc) is 2.66. The predicted molar refractivity (Wildman–Crippen MR) is 94.4 cm³/mol. The summed E-state index contributed by atoms with van der Waals surface area (Å²) < 4.78 is 18.8. The summed E-state index contributed by atoms with van der Waals surface area (Å²) in [6.45, 7) is 0.00432. The highest BCUT2D eigenvalue weighted by Crippen LogP contribution is 2.21. The number of hydrogen-bond donors (Lipinski definition) is 2. The number of methoxy groups -OCH3 is 1. The zero-order valence-corrected chi connectivity index (χ0v) is 14.0. The molecule has 3 aromatic rings. The summed E-state index contributed by atoms with van der Waals surface area (Å²) in [6, 6.07) is 14.6. The molecule has 0 spiro atoms. The average molecular weight is 353 g/mol. The van der Waals surface area contributed by atoms with Crippen molar-refractivity contribution in [2.75, 3.05) is 7.11 Å². The molecule has 6 nitrogen and oxygen atoms in total. The highest BCUT2D eigenvalue weighted by molar-refractivity contribution is 5.93. The van der Waals surface area contributed by atoms with Gasteiger partial charge in [0.2, 0.25) is 0 Å². The number of carbonyl (C=O) groups is 1. The van der Waals surface area contributed by atoms with Crippen LogP contribution in [0.4, 0.5) is 4.39 Å². The number of ether oxygens (including phenoxy) is 1. The summed E-state index contributed by atoms with van der Waals surface area (Å²) in [5, 5.41) is 2.58. The lowest BCUT2D eigenvalue weighted by Crippen LogP contribution is -2.27. The van der Waals surface area contributed by atoms with Crippen LogP contribution in [0.5, 0.6) is 5.75 Å². The SMILES string of the molecule is COc1cccc(-c2cc(C(=O)NCc3ccccc3F)[nH]c(=O)n2)c1. The van der Waals surface area contributed by atoms with Gasteiger partial charge in [0.1, 0.15) is 17.3 Å². The Bertz CT molecular complexity index is 1000. The highest BCUT2D eigenvalue weighted by atomic mass is 19.1. The second kappa shape index (κ2) is 7.60. The standard InChI is InChI=1S/C19H16FN3O3/c1-26-14-7-4-6-12(9-14)16-10-17(23-19(25)22-16)18(24)21-11-13-5-2-3-8-15(13)20/h2-10H,11H2,1H3,(H,21,24)(H,22,23,25). The lowest BCUT2D eigenvalue weighted by Gasteiger charge is -2.08. The number of benzene rings is 2. The Morgan fingerprint density at radius 1 is 1.19 bits per heavy atom. The first-order valence-electron chi connectivity index (χ1n) is 7.84. The van der Waals surface area contributed by atoms with Gasteiger partial charge in [-0.25, -0.2) is 9.18 Å². The number of rotatable bonds is 5. The predicted octanol–water partition coefficient (Wildman–Crippen LogP) is 2.51. The van der Waals surface area contributed by atoms with Crippen molar-refractivity contribution in [2.24, 2.45) is 0 Å². The quantitative estimate of drug-likeness (QED) is 0.738. The molecule has 0 aliphatic carbocycles. The van der Waals surface area contributed by atoms with Gasteiger partial charge in [-0.05, 0) is 24.3 Å². The molecule has 7 heteroatoms.